The largest absolute Gasteiger partial charge is 0.335 e. The number of pyridine rings is 1. The maximum Gasteiger partial charge on any atom is 0.260 e. The van der Waals surface area contributed by atoms with Crippen molar-refractivity contribution in [3.05, 3.63) is 42.0 Å². The fourth-order valence-electron chi connectivity index (χ4n) is 2.13. The molecule has 7 heteroatoms. The third-order valence-corrected chi connectivity index (χ3v) is 3.25. The van der Waals surface area contributed by atoms with Gasteiger partial charge in [0.25, 0.3) is 5.91 Å². The summed E-state index contributed by atoms with van der Waals surface area (Å²) in [6.07, 6.45) is 4.75. The van der Waals surface area contributed by atoms with E-state index >= 15 is 0 Å². The number of nitriles is 1. The molecule has 104 valence electrons. The summed E-state index contributed by atoms with van der Waals surface area (Å²) in [7, 11) is 3.54. The number of rotatable bonds is 2. The van der Waals surface area contributed by atoms with E-state index < -0.39 is 0 Å². The Morgan fingerprint density at radius 3 is 2.81 bits per heavy atom. The summed E-state index contributed by atoms with van der Waals surface area (Å²) in [4.78, 5) is 16.2. The number of aryl methyl sites for hydroxylation is 2. The molecule has 0 spiro atoms. The molecule has 21 heavy (non-hydrogen) atoms. The Morgan fingerprint density at radius 2 is 2.14 bits per heavy atom. The molecule has 1 amide bonds. The Bertz CT molecular complexity index is 883. The van der Waals surface area contributed by atoms with Gasteiger partial charge in [0.1, 0.15) is 17.6 Å². The summed E-state index contributed by atoms with van der Waals surface area (Å²) < 4.78 is 3.32. The molecule has 1 N–H and O–H groups in total. The van der Waals surface area contributed by atoms with Gasteiger partial charge in [-0.2, -0.15) is 10.4 Å². The van der Waals surface area contributed by atoms with Crippen LogP contribution >= 0.6 is 0 Å². The van der Waals surface area contributed by atoms with Crippen molar-refractivity contribution in [1.82, 2.24) is 19.3 Å². The first kappa shape index (κ1) is 12.9. The minimum Gasteiger partial charge on any atom is -0.335 e. The molecule has 3 aromatic rings. The molecule has 7 nitrogen and oxygen atoms in total. The average molecular weight is 280 g/mol. The number of carbonyl (C=O) groups excluding carboxylic acids is 1. The van der Waals surface area contributed by atoms with Gasteiger partial charge in [-0.3, -0.25) is 9.48 Å². The number of hydrogen-bond acceptors (Lipinski definition) is 4. The first-order chi connectivity index (χ1) is 10.1. The van der Waals surface area contributed by atoms with E-state index in [9.17, 15) is 4.79 Å². The number of amides is 1. The Hall–Kier alpha value is -3.14. The van der Waals surface area contributed by atoms with Crippen LogP contribution in [0.15, 0.2) is 30.7 Å². The number of nitrogens with zero attached hydrogens (tertiary/aromatic N) is 5. The first-order valence-electron chi connectivity index (χ1n) is 6.24. The molecule has 0 aliphatic carbocycles. The molecule has 0 saturated heterocycles. The molecule has 0 saturated carbocycles. The molecule has 0 radical (unpaired) electrons. The van der Waals surface area contributed by atoms with Crippen LogP contribution in [0.1, 0.15) is 16.1 Å². The standard InChI is InChI=1S/C14H12N6O/c1-19-8-10(7-17-19)14(21)18-13-4-12-9(6-16-13)3-11(5-15)20(12)2/h3-4,6-8H,1-2H3,(H,16,18,21). The molecule has 0 aliphatic rings. The van der Waals surface area contributed by atoms with Crippen molar-refractivity contribution in [2.45, 2.75) is 0 Å². The predicted molar refractivity (Wildman–Crippen MR) is 76.6 cm³/mol. The summed E-state index contributed by atoms with van der Waals surface area (Å²) in [6, 6.07) is 5.61. The van der Waals surface area contributed by atoms with Crippen LogP contribution in [0.2, 0.25) is 0 Å². The van der Waals surface area contributed by atoms with Gasteiger partial charge in [0.05, 0.1) is 17.3 Å². The van der Waals surface area contributed by atoms with Crippen molar-refractivity contribution >= 4 is 22.6 Å². The van der Waals surface area contributed by atoms with E-state index in [0.717, 1.165) is 10.9 Å². The molecule has 0 atom stereocenters. The lowest BCUT2D eigenvalue weighted by Gasteiger charge is -2.04. The van der Waals surface area contributed by atoms with Gasteiger partial charge in [-0.1, -0.05) is 0 Å². The highest BCUT2D eigenvalue weighted by Gasteiger charge is 2.11. The van der Waals surface area contributed by atoms with Gasteiger partial charge in [0.2, 0.25) is 0 Å². The summed E-state index contributed by atoms with van der Waals surface area (Å²) >= 11 is 0. The highest BCUT2D eigenvalue weighted by molar-refractivity contribution is 6.04. The van der Waals surface area contributed by atoms with Crippen molar-refractivity contribution in [2.24, 2.45) is 14.1 Å². The summed E-state index contributed by atoms with van der Waals surface area (Å²) in [5.41, 5.74) is 1.84. The van der Waals surface area contributed by atoms with E-state index in [4.69, 9.17) is 5.26 Å². The summed E-state index contributed by atoms with van der Waals surface area (Å²) in [5, 5.41) is 16.5. The summed E-state index contributed by atoms with van der Waals surface area (Å²) in [6.45, 7) is 0. The van der Waals surface area contributed by atoms with E-state index in [2.05, 4.69) is 21.5 Å². The lowest BCUT2D eigenvalue weighted by molar-refractivity contribution is 0.102. The van der Waals surface area contributed by atoms with Gasteiger partial charge >= 0.3 is 0 Å². The average Bonchev–Trinajstić information content (AvgIpc) is 3.03. The maximum absolute atomic E-state index is 12.0. The van der Waals surface area contributed by atoms with Crippen molar-refractivity contribution in [2.75, 3.05) is 5.32 Å². The van der Waals surface area contributed by atoms with Gasteiger partial charge in [-0.05, 0) is 6.07 Å². The first-order valence-corrected chi connectivity index (χ1v) is 6.24. The smallest absolute Gasteiger partial charge is 0.260 e. The second-order valence-electron chi connectivity index (χ2n) is 4.69. The normalized spacial score (nSPS) is 10.5. The van der Waals surface area contributed by atoms with Crippen molar-refractivity contribution < 1.29 is 4.79 Å². The lowest BCUT2D eigenvalue weighted by atomic mass is 10.3. The van der Waals surface area contributed by atoms with Gasteiger partial charge in [0, 0.05) is 37.9 Å². The van der Waals surface area contributed by atoms with E-state index in [1.54, 1.807) is 47.9 Å². The van der Waals surface area contributed by atoms with Crippen molar-refractivity contribution in [1.29, 1.82) is 5.26 Å². The monoisotopic (exact) mass is 280 g/mol. The SMILES string of the molecule is Cn1cc(C(=O)Nc2cc3c(cn2)cc(C#N)n3C)cn1. The third kappa shape index (κ3) is 2.23. The lowest BCUT2D eigenvalue weighted by Crippen LogP contribution is -2.12. The molecule has 3 heterocycles. The van der Waals surface area contributed by atoms with Gasteiger partial charge in [-0.15, -0.1) is 0 Å². The van der Waals surface area contributed by atoms with Crippen LogP contribution in [0.4, 0.5) is 5.82 Å². The fraction of sp³-hybridized carbons (Fsp3) is 0.143. The minimum absolute atomic E-state index is 0.273. The Balaban J connectivity index is 1.93. The molecule has 0 unspecified atom stereocenters. The van der Waals surface area contributed by atoms with Crippen LogP contribution in [0.5, 0.6) is 0 Å². The van der Waals surface area contributed by atoms with Crippen molar-refractivity contribution in [3.8, 4) is 6.07 Å². The van der Waals surface area contributed by atoms with E-state index in [1.807, 2.05) is 0 Å². The van der Waals surface area contributed by atoms with Crippen LogP contribution < -0.4 is 5.32 Å². The number of aromatic nitrogens is 4. The van der Waals surface area contributed by atoms with Crippen LogP contribution in [0.25, 0.3) is 10.9 Å². The number of carbonyl (C=O) groups is 1. The van der Waals surface area contributed by atoms with Crippen LogP contribution in [0.3, 0.4) is 0 Å². The number of anilines is 1. The number of fused-ring (bicyclic) bond motifs is 1. The molecule has 0 bridgehead atoms. The molecular weight excluding hydrogens is 268 g/mol. The number of hydrogen-bond donors (Lipinski definition) is 1. The zero-order valence-corrected chi connectivity index (χ0v) is 11.5. The van der Waals surface area contributed by atoms with Gasteiger partial charge in [-0.25, -0.2) is 4.98 Å². The Labute approximate surface area is 120 Å². The second-order valence-corrected chi connectivity index (χ2v) is 4.69. The molecule has 0 aliphatic heterocycles. The van der Waals surface area contributed by atoms with Crippen LogP contribution in [-0.2, 0) is 14.1 Å². The molecular formula is C14H12N6O. The molecule has 3 rings (SSSR count). The topological polar surface area (TPSA) is 88.5 Å². The van der Waals surface area contributed by atoms with E-state index in [-0.39, 0.29) is 5.91 Å². The highest BCUT2D eigenvalue weighted by Crippen LogP contribution is 2.20. The molecule has 0 fully saturated rings. The third-order valence-electron chi connectivity index (χ3n) is 3.25. The van der Waals surface area contributed by atoms with Crippen LogP contribution in [-0.4, -0.2) is 25.2 Å². The highest BCUT2D eigenvalue weighted by atomic mass is 16.1. The Kier molecular flexibility index (Phi) is 2.92. The van der Waals surface area contributed by atoms with Gasteiger partial charge < -0.3 is 9.88 Å². The zero-order chi connectivity index (χ0) is 15.0. The number of nitrogens with one attached hydrogen (secondary N) is 1. The molecule has 0 aromatic carbocycles. The van der Waals surface area contributed by atoms with E-state index in [1.165, 1.54) is 6.20 Å². The predicted octanol–water partition coefficient (Wildman–Crippen LogP) is 1.43. The van der Waals surface area contributed by atoms with Crippen molar-refractivity contribution in [3.63, 3.8) is 0 Å². The van der Waals surface area contributed by atoms with Gasteiger partial charge in [0.15, 0.2) is 0 Å². The quantitative estimate of drug-likeness (QED) is 0.769. The summed E-state index contributed by atoms with van der Waals surface area (Å²) in [5.74, 6) is 0.159. The van der Waals surface area contributed by atoms with Crippen LogP contribution in [0, 0.1) is 11.3 Å². The fourth-order valence-corrected chi connectivity index (χ4v) is 2.13. The maximum atomic E-state index is 12.0. The molecule has 3 aromatic heterocycles. The van der Waals surface area contributed by atoms with E-state index in [0.29, 0.717) is 17.1 Å². The zero-order valence-electron chi connectivity index (χ0n) is 11.5. The minimum atomic E-state index is -0.273. The second kappa shape index (κ2) is 4.76. The Morgan fingerprint density at radius 1 is 1.33 bits per heavy atom.